The van der Waals surface area contributed by atoms with E-state index in [1.807, 2.05) is 0 Å². The molecule has 0 aliphatic carbocycles. The minimum absolute atomic E-state index is 0.0726. The Morgan fingerprint density at radius 2 is 2.06 bits per heavy atom. The molecule has 1 aromatic carbocycles. The predicted octanol–water partition coefficient (Wildman–Crippen LogP) is 3.43. The fourth-order valence-corrected chi connectivity index (χ4v) is 2.52. The molecule has 0 amide bonds. The fraction of sp³-hybridized carbons (Fsp3) is 0.625. The molecule has 1 aliphatic rings. The highest BCUT2D eigenvalue weighted by Crippen LogP contribution is 2.27. The molecular formula is C16H25NO. The van der Waals surface area contributed by atoms with Crippen LogP contribution in [0.15, 0.2) is 24.3 Å². The van der Waals surface area contributed by atoms with Crippen molar-refractivity contribution in [2.75, 3.05) is 6.61 Å². The van der Waals surface area contributed by atoms with Crippen LogP contribution in [0.5, 0.6) is 0 Å². The monoisotopic (exact) mass is 247 g/mol. The highest BCUT2D eigenvalue weighted by atomic mass is 16.5. The zero-order valence-electron chi connectivity index (χ0n) is 11.8. The van der Waals surface area contributed by atoms with Gasteiger partial charge in [0.1, 0.15) is 0 Å². The van der Waals surface area contributed by atoms with E-state index in [1.165, 1.54) is 11.1 Å². The van der Waals surface area contributed by atoms with Crippen LogP contribution in [0, 0.1) is 6.92 Å². The molecule has 18 heavy (non-hydrogen) atoms. The van der Waals surface area contributed by atoms with Crippen molar-refractivity contribution in [2.45, 2.75) is 58.2 Å². The van der Waals surface area contributed by atoms with Gasteiger partial charge in [0.2, 0.25) is 0 Å². The van der Waals surface area contributed by atoms with Crippen LogP contribution in [0.25, 0.3) is 0 Å². The molecule has 0 aromatic heterocycles. The second-order valence-corrected chi connectivity index (χ2v) is 5.71. The standard InChI is InChI=1S/C16H25NO/c1-4-16(3)11-15(9-10-18-16)17-12-14-7-5-13(2)6-8-14/h5-8,15,17H,4,9-12H2,1-3H3. The second kappa shape index (κ2) is 5.85. The number of rotatable bonds is 4. The molecule has 1 aliphatic heterocycles. The van der Waals surface area contributed by atoms with E-state index in [1.54, 1.807) is 0 Å². The lowest BCUT2D eigenvalue weighted by molar-refractivity contribution is -0.0781. The highest BCUT2D eigenvalue weighted by molar-refractivity contribution is 5.21. The van der Waals surface area contributed by atoms with E-state index in [4.69, 9.17) is 4.74 Å². The summed E-state index contributed by atoms with van der Waals surface area (Å²) in [6.45, 7) is 8.41. The maximum Gasteiger partial charge on any atom is 0.0666 e. The van der Waals surface area contributed by atoms with Crippen LogP contribution in [0.2, 0.25) is 0 Å². The van der Waals surface area contributed by atoms with Crippen LogP contribution in [0.3, 0.4) is 0 Å². The third-order valence-corrected chi connectivity index (χ3v) is 4.06. The lowest BCUT2D eigenvalue weighted by atomic mass is 9.90. The molecule has 1 fully saturated rings. The Labute approximate surface area is 111 Å². The molecule has 2 nitrogen and oxygen atoms in total. The van der Waals surface area contributed by atoms with Crippen LogP contribution < -0.4 is 5.32 Å². The van der Waals surface area contributed by atoms with E-state index >= 15 is 0 Å². The zero-order valence-corrected chi connectivity index (χ0v) is 11.8. The van der Waals surface area contributed by atoms with E-state index in [9.17, 15) is 0 Å². The summed E-state index contributed by atoms with van der Waals surface area (Å²) in [6, 6.07) is 9.36. The Morgan fingerprint density at radius 1 is 1.33 bits per heavy atom. The van der Waals surface area contributed by atoms with Gasteiger partial charge in [-0.25, -0.2) is 0 Å². The van der Waals surface area contributed by atoms with Gasteiger partial charge < -0.3 is 10.1 Å². The molecule has 1 heterocycles. The molecular weight excluding hydrogens is 222 g/mol. The third kappa shape index (κ3) is 3.56. The maximum absolute atomic E-state index is 5.87. The molecule has 2 rings (SSSR count). The SMILES string of the molecule is CCC1(C)CC(NCc2ccc(C)cc2)CCO1. The van der Waals surface area contributed by atoms with E-state index in [0.717, 1.165) is 32.4 Å². The first kappa shape index (κ1) is 13.6. The quantitative estimate of drug-likeness (QED) is 0.880. The first-order valence-electron chi connectivity index (χ1n) is 7.04. The lowest BCUT2D eigenvalue weighted by Crippen LogP contribution is -2.44. The summed E-state index contributed by atoms with van der Waals surface area (Å²) < 4.78 is 5.87. The Bertz CT molecular complexity index is 373. The maximum atomic E-state index is 5.87. The van der Waals surface area contributed by atoms with Crippen LogP contribution in [-0.2, 0) is 11.3 Å². The van der Waals surface area contributed by atoms with Crippen LogP contribution in [-0.4, -0.2) is 18.2 Å². The van der Waals surface area contributed by atoms with Crippen LogP contribution >= 0.6 is 0 Å². The number of ether oxygens (including phenoxy) is 1. The van der Waals surface area contributed by atoms with E-state index in [2.05, 4.69) is 50.4 Å². The molecule has 0 radical (unpaired) electrons. The van der Waals surface area contributed by atoms with Crippen molar-refractivity contribution in [1.29, 1.82) is 0 Å². The normalized spacial score (nSPS) is 28.3. The summed E-state index contributed by atoms with van der Waals surface area (Å²) in [6.07, 6.45) is 3.34. The number of hydrogen-bond donors (Lipinski definition) is 1. The Morgan fingerprint density at radius 3 is 2.72 bits per heavy atom. The van der Waals surface area contributed by atoms with Gasteiger partial charge in [-0.05, 0) is 38.7 Å². The van der Waals surface area contributed by atoms with Gasteiger partial charge in [-0.15, -0.1) is 0 Å². The molecule has 2 heteroatoms. The zero-order chi connectivity index (χ0) is 13.0. The van der Waals surface area contributed by atoms with Gasteiger partial charge in [-0.2, -0.15) is 0 Å². The van der Waals surface area contributed by atoms with Gasteiger partial charge in [-0.3, -0.25) is 0 Å². The van der Waals surface area contributed by atoms with Crippen molar-refractivity contribution in [3.63, 3.8) is 0 Å². The highest BCUT2D eigenvalue weighted by Gasteiger charge is 2.31. The van der Waals surface area contributed by atoms with Crippen LogP contribution in [0.1, 0.15) is 44.2 Å². The fourth-order valence-electron chi connectivity index (χ4n) is 2.52. The van der Waals surface area contributed by atoms with Gasteiger partial charge in [0.15, 0.2) is 0 Å². The Balaban J connectivity index is 1.85. The van der Waals surface area contributed by atoms with E-state index in [0.29, 0.717) is 6.04 Å². The van der Waals surface area contributed by atoms with Gasteiger partial charge in [0.25, 0.3) is 0 Å². The van der Waals surface area contributed by atoms with Gasteiger partial charge in [-0.1, -0.05) is 36.8 Å². The summed E-state index contributed by atoms with van der Waals surface area (Å²) >= 11 is 0. The number of hydrogen-bond acceptors (Lipinski definition) is 2. The number of benzene rings is 1. The van der Waals surface area contributed by atoms with Gasteiger partial charge in [0.05, 0.1) is 5.60 Å². The average molecular weight is 247 g/mol. The van der Waals surface area contributed by atoms with Crippen molar-refractivity contribution >= 4 is 0 Å². The molecule has 0 bridgehead atoms. The third-order valence-electron chi connectivity index (χ3n) is 4.06. The smallest absolute Gasteiger partial charge is 0.0666 e. The molecule has 1 saturated heterocycles. The summed E-state index contributed by atoms with van der Waals surface area (Å²) in [4.78, 5) is 0. The van der Waals surface area contributed by atoms with Crippen molar-refractivity contribution < 1.29 is 4.74 Å². The topological polar surface area (TPSA) is 21.3 Å². The Kier molecular flexibility index (Phi) is 4.41. The predicted molar refractivity (Wildman–Crippen MR) is 75.7 cm³/mol. The van der Waals surface area contributed by atoms with Crippen molar-refractivity contribution in [3.8, 4) is 0 Å². The first-order chi connectivity index (χ1) is 8.61. The largest absolute Gasteiger partial charge is 0.375 e. The molecule has 2 atom stereocenters. The number of nitrogens with one attached hydrogen (secondary N) is 1. The molecule has 100 valence electrons. The summed E-state index contributed by atoms with van der Waals surface area (Å²) in [5, 5.41) is 3.67. The van der Waals surface area contributed by atoms with Crippen molar-refractivity contribution in [1.82, 2.24) is 5.32 Å². The first-order valence-corrected chi connectivity index (χ1v) is 7.04. The molecule has 1 aromatic rings. The minimum atomic E-state index is 0.0726. The minimum Gasteiger partial charge on any atom is -0.375 e. The van der Waals surface area contributed by atoms with Crippen molar-refractivity contribution in [2.24, 2.45) is 0 Å². The molecule has 1 N–H and O–H groups in total. The average Bonchev–Trinajstić information content (AvgIpc) is 2.38. The van der Waals surface area contributed by atoms with E-state index < -0.39 is 0 Å². The molecule has 0 saturated carbocycles. The summed E-state index contributed by atoms with van der Waals surface area (Å²) in [7, 11) is 0. The summed E-state index contributed by atoms with van der Waals surface area (Å²) in [5.74, 6) is 0. The molecule has 0 spiro atoms. The number of aryl methyl sites for hydroxylation is 1. The van der Waals surface area contributed by atoms with Crippen LogP contribution in [0.4, 0.5) is 0 Å². The van der Waals surface area contributed by atoms with Gasteiger partial charge >= 0.3 is 0 Å². The lowest BCUT2D eigenvalue weighted by Gasteiger charge is -2.38. The van der Waals surface area contributed by atoms with E-state index in [-0.39, 0.29) is 5.60 Å². The molecule has 2 unspecified atom stereocenters. The Hall–Kier alpha value is -0.860. The van der Waals surface area contributed by atoms with Crippen molar-refractivity contribution in [3.05, 3.63) is 35.4 Å². The summed E-state index contributed by atoms with van der Waals surface area (Å²) in [5.41, 5.74) is 2.76. The second-order valence-electron chi connectivity index (χ2n) is 5.71. The van der Waals surface area contributed by atoms with Gasteiger partial charge in [0, 0.05) is 19.2 Å².